The molecule has 0 N–H and O–H groups in total. The van der Waals surface area contributed by atoms with Crippen LogP contribution in [0.2, 0.25) is 0 Å². The predicted molar refractivity (Wildman–Crippen MR) is 32.7 cm³/mol. The number of allylic oxidation sites excluding steroid dienone is 1. The lowest BCUT2D eigenvalue weighted by atomic mass is 10.2. The highest BCUT2D eigenvalue weighted by molar-refractivity contribution is 5.24. The summed E-state index contributed by atoms with van der Waals surface area (Å²) in [6.45, 7) is 1.45. The maximum atomic E-state index is 5.17. The molecule has 0 aliphatic carbocycles. The van der Waals surface area contributed by atoms with Crippen LogP contribution in [-0.2, 0) is 9.47 Å². The van der Waals surface area contributed by atoms with Crippen molar-refractivity contribution in [2.45, 2.75) is 6.42 Å². The highest BCUT2D eigenvalue weighted by Gasteiger charge is 2.16. The van der Waals surface area contributed by atoms with Gasteiger partial charge in [-0.15, -0.1) is 0 Å². The van der Waals surface area contributed by atoms with E-state index in [0.717, 1.165) is 19.0 Å². The number of ether oxygens (including phenoxy) is 2. The fourth-order valence-electron chi connectivity index (χ4n) is 1.05. The Bertz CT molecular complexity index is 179. The van der Waals surface area contributed by atoms with Gasteiger partial charge >= 0.3 is 0 Å². The first-order chi connectivity index (χ1) is 4.47. The standard InChI is InChI=1S/C7H8O2/c1-2-6-3-5-9-7(6)8-4-1/h1-2H,3-5H2. The molecule has 2 heterocycles. The van der Waals surface area contributed by atoms with Gasteiger partial charge in [0.05, 0.1) is 6.61 Å². The van der Waals surface area contributed by atoms with E-state index in [-0.39, 0.29) is 0 Å². The van der Waals surface area contributed by atoms with Crippen LogP contribution in [0.25, 0.3) is 0 Å². The molecule has 0 saturated carbocycles. The molecule has 0 fully saturated rings. The fourth-order valence-corrected chi connectivity index (χ4v) is 1.05. The lowest BCUT2D eigenvalue weighted by Crippen LogP contribution is -1.97. The van der Waals surface area contributed by atoms with Gasteiger partial charge in [-0.05, 0) is 6.08 Å². The highest BCUT2D eigenvalue weighted by atomic mass is 16.7. The van der Waals surface area contributed by atoms with E-state index in [1.807, 2.05) is 6.08 Å². The van der Waals surface area contributed by atoms with E-state index in [2.05, 4.69) is 6.08 Å². The summed E-state index contributed by atoms with van der Waals surface area (Å²) < 4.78 is 10.3. The molecule has 0 amide bonds. The third-order valence-electron chi connectivity index (χ3n) is 1.50. The molecule has 0 radical (unpaired) electrons. The van der Waals surface area contributed by atoms with Gasteiger partial charge < -0.3 is 9.47 Å². The zero-order valence-corrected chi connectivity index (χ0v) is 5.09. The zero-order chi connectivity index (χ0) is 6.10. The third-order valence-corrected chi connectivity index (χ3v) is 1.50. The minimum atomic E-state index is 0.666. The average Bonchev–Trinajstić information content (AvgIpc) is 2.33. The Hall–Kier alpha value is -0.920. The first-order valence-electron chi connectivity index (χ1n) is 3.12. The highest BCUT2D eigenvalue weighted by Crippen LogP contribution is 2.23. The van der Waals surface area contributed by atoms with Crippen LogP contribution in [0.1, 0.15) is 6.42 Å². The molecule has 2 rings (SSSR count). The number of rotatable bonds is 0. The SMILES string of the molecule is C1=CC2=C(OC1)OCC2. The van der Waals surface area contributed by atoms with Gasteiger partial charge in [-0.25, -0.2) is 0 Å². The lowest BCUT2D eigenvalue weighted by molar-refractivity contribution is 0.0643. The van der Waals surface area contributed by atoms with E-state index in [1.54, 1.807) is 0 Å². The Labute approximate surface area is 53.8 Å². The van der Waals surface area contributed by atoms with Crippen LogP contribution in [0.4, 0.5) is 0 Å². The first-order valence-corrected chi connectivity index (χ1v) is 3.12. The zero-order valence-electron chi connectivity index (χ0n) is 5.09. The van der Waals surface area contributed by atoms with Gasteiger partial charge in [0.15, 0.2) is 0 Å². The van der Waals surface area contributed by atoms with Crippen molar-refractivity contribution in [3.63, 3.8) is 0 Å². The van der Waals surface area contributed by atoms with Crippen LogP contribution in [0.5, 0.6) is 0 Å². The molecule has 2 heteroatoms. The average molecular weight is 124 g/mol. The van der Waals surface area contributed by atoms with Gasteiger partial charge in [0.1, 0.15) is 6.61 Å². The van der Waals surface area contributed by atoms with Crippen LogP contribution in [0.15, 0.2) is 23.7 Å². The molecule has 2 aliphatic rings. The van der Waals surface area contributed by atoms with E-state index in [4.69, 9.17) is 9.47 Å². The van der Waals surface area contributed by atoms with E-state index < -0.39 is 0 Å². The Morgan fingerprint density at radius 2 is 2.33 bits per heavy atom. The van der Waals surface area contributed by atoms with Crippen molar-refractivity contribution >= 4 is 0 Å². The lowest BCUT2D eigenvalue weighted by Gasteiger charge is -2.07. The van der Waals surface area contributed by atoms with E-state index >= 15 is 0 Å². The molecule has 0 aromatic rings. The van der Waals surface area contributed by atoms with Crippen molar-refractivity contribution in [2.75, 3.05) is 13.2 Å². The molecule has 2 aliphatic heterocycles. The molecule has 0 unspecified atom stereocenters. The Kier molecular flexibility index (Phi) is 0.979. The third kappa shape index (κ3) is 0.707. The van der Waals surface area contributed by atoms with Gasteiger partial charge in [-0.3, -0.25) is 0 Å². The normalized spacial score (nSPS) is 23.1. The van der Waals surface area contributed by atoms with Gasteiger partial charge in [-0.1, -0.05) is 6.08 Å². The van der Waals surface area contributed by atoms with Gasteiger partial charge in [0.2, 0.25) is 0 Å². The number of hydrogen-bond donors (Lipinski definition) is 0. The minimum absolute atomic E-state index is 0.666. The predicted octanol–water partition coefficient (Wildman–Crippen LogP) is 1.20. The maximum absolute atomic E-state index is 5.17. The van der Waals surface area contributed by atoms with Crippen LogP contribution < -0.4 is 0 Å². The van der Waals surface area contributed by atoms with Gasteiger partial charge in [-0.2, -0.15) is 0 Å². The maximum Gasteiger partial charge on any atom is 0.282 e. The summed E-state index contributed by atoms with van der Waals surface area (Å²) in [5, 5.41) is 0. The summed E-state index contributed by atoms with van der Waals surface area (Å²) in [5.74, 6) is 0.748. The number of hydrogen-bond acceptors (Lipinski definition) is 2. The summed E-state index contributed by atoms with van der Waals surface area (Å²) in [4.78, 5) is 0. The molecule has 0 atom stereocenters. The molecule has 0 spiro atoms. The van der Waals surface area contributed by atoms with Crippen molar-refractivity contribution in [2.24, 2.45) is 0 Å². The van der Waals surface area contributed by atoms with E-state index in [0.29, 0.717) is 6.61 Å². The second-order valence-electron chi connectivity index (χ2n) is 2.12. The Morgan fingerprint density at radius 3 is 3.22 bits per heavy atom. The Balaban J connectivity index is 2.28. The minimum Gasteiger partial charge on any atom is -0.465 e. The largest absolute Gasteiger partial charge is 0.465 e. The van der Waals surface area contributed by atoms with Gasteiger partial charge in [0, 0.05) is 12.0 Å². The quantitative estimate of drug-likeness (QED) is 0.483. The molecule has 48 valence electrons. The molecule has 0 saturated heterocycles. The van der Waals surface area contributed by atoms with E-state index in [9.17, 15) is 0 Å². The molecule has 2 nitrogen and oxygen atoms in total. The Morgan fingerprint density at radius 1 is 1.33 bits per heavy atom. The monoisotopic (exact) mass is 124 g/mol. The summed E-state index contributed by atoms with van der Waals surface area (Å²) in [7, 11) is 0. The van der Waals surface area contributed by atoms with Gasteiger partial charge in [0.25, 0.3) is 5.95 Å². The summed E-state index contributed by atoms with van der Waals surface area (Å²) >= 11 is 0. The fraction of sp³-hybridized carbons (Fsp3) is 0.429. The smallest absolute Gasteiger partial charge is 0.282 e. The van der Waals surface area contributed by atoms with Crippen LogP contribution in [0, 0.1) is 0 Å². The molecule has 9 heavy (non-hydrogen) atoms. The van der Waals surface area contributed by atoms with Crippen LogP contribution in [0.3, 0.4) is 0 Å². The van der Waals surface area contributed by atoms with Crippen molar-refractivity contribution in [1.29, 1.82) is 0 Å². The second kappa shape index (κ2) is 1.79. The van der Waals surface area contributed by atoms with Crippen LogP contribution >= 0.6 is 0 Å². The topological polar surface area (TPSA) is 18.5 Å². The molecular weight excluding hydrogens is 116 g/mol. The molecular formula is C7H8O2. The molecule has 0 aromatic heterocycles. The molecule has 0 bridgehead atoms. The second-order valence-corrected chi connectivity index (χ2v) is 2.12. The summed E-state index contributed by atoms with van der Waals surface area (Å²) in [6, 6.07) is 0. The van der Waals surface area contributed by atoms with Crippen molar-refractivity contribution in [3.05, 3.63) is 23.7 Å². The summed E-state index contributed by atoms with van der Waals surface area (Å²) in [6.07, 6.45) is 5.09. The van der Waals surface area contributed by atoms with E-state index in [1.165, 1.54) is 5.57 Å². The summed E-state index contributed by atoms with van der Waals surface area (Å²) in [5.41, 5.74) is 1.21. The van der Waals surface area contributed by atoms with Crippen molar-refractivity contribution in [3.8, 4) is 0 Å². The molecule has 0 aromatic carbocycles. The first kappa shape index (κ1) is 4.91. The van der Waals surface area contributed by atoms with Crippen LogP contribution in [-0.4, -0.2) is 13.2 Å². The van der Waals surface area contributed by atoms with Crippen molar-refractivity contribution in [1.82, 2.24) is 0 Å². The van der Waals surface area contributed by atoms with Crippen molar-refractivity contribution < 1.29 is 9.47 Å².